The number of rotatable bonds is 9. The summed E-state index contributed by atoms with van der Waals surface area (Å²) < 4.78 is 2.06. The van der Waals surface area contributed by atoms with Gasteiger partial charge in [-0.15, -0.1) is 34.2 Å². The minimum absolute atomic E-state index is 0. The number of hydrogen-bond donors (Lipinski definition) is 2. The quantitative estimate of drug-likeness (QED) is 0.236. The lowest BCUT2D eigenvalue weighted by Gasteiger charge is -2.13. The maximum atomic E-state index is 6.21. The first-order valence-corrected chi connectivity index (χ1v) is 10.1. The van der Waals surface area contributed by atoms with Gasteiger partial charge in [-0.2, -0.15) is 11.8 Å². The van der Waals surface area contributed by atoms with Gasteiger partial charge in [0.05, 0.1) is 6.54 Å². The zero-order chi connectivity index (χ0) is 17.9. The molecule has 9 heteroatoms. The summed E-state index contributed by atoms with van der Waals surface area (Å²) in [5.41, 5.74) is 1.02. The molecule has 2 rings (SSSR count). The first-order valence-electron chi connectivity index (χ1n) is 8.35. The number of halogens is 2. The minimum atomic E-state index is 0. The van der Waals surface area contributed by atoms with Crippen LogP contribution in [0, 0.1) is 0 Å². The number of nitrogens with one attached hydrogen (secondary N) is 2. The highest BCUT2D eigenvalue weighted by Crippen LogP contribution is 2.15. The van der Waals surface area contributed by atoms with Gasteiger partial charge in [0, 0.05) is 36.8 Å². The molecule has 0 unspecified atom stereocenters. The van der Waals surface area contributed by atoms with Crippen LogP contribution in [0.2, 0.25) is 5.02 Å². The van der Waals surface area contributed by atoms with E-state index in [1.165, 1.54) is 0 Å². The van der Waals surface area contributed by atoms with Gasteiger partial charge in [0.15, 0.2) is 5.96 Å². The van der Waals surface area contributed by atoms with Crippen LogP contribution in [0.15, 0.2) is 35.6 Å². The largest absolute Gasteiger partial charge is 0.356 e. The van der Waals surface area contributed by atoms with Gasteiger partial charge in [-0.25, -0.2) is 4.99 Å². The minimum Gasteiger partial charge on any atom is -0.356 e. The molecule has 0 amide bonds. The summed E-state index contributed by atoms with van der Waals surface area (Å²) in [6.45, 7) is 5.03. The molecule has 0 saturated carbocycles. The van der Waals surface area contributed by atoms with Crippen LogP contribution < -0.4 is 10.6 Å². The van der Waals surface area contributed by atoms with E-state index < -0.39 is 0 Å². The van der Waals surface area contributed by atoms with Gasteiger partial charge < -0.3 is 15.2 Å². The van der Waals surface area contributed by atoms with Crippen LogP contribution in [0.25, 0.3) is 0 Å². The highest BCUT2D eigenvalue weighted by molar-refractivity contribution is 14.0. The van der Waals surface area contributed by atoms with E-state index in [2.05, 4.69) is 43.6 Å². The molecule has 1 aromatic carbocycles. The van der Waals surface area contributed by atoms with E-state index >= 15 is 0 Å². The van der Waals surface area contributed by atoms with E-state index in [0.29, 0.717) is 6.54 Å². The van der Waals surface area contributed by atoms with Crippen LogP contribution in [-0.2, 0) is 19.5 Å². The number of thioether (sulfide) groups is 1. The molecular weight excluding hydrogens is 483 g/mol. The van der Waals surface area contributed by atoms with Crippen LogP contribution in [0.1, 0.15) is 18.3 Å². The fraction of sp³-hybridized carbons (Fsp3) is 0.471. The fourth-order valence-corrected chi connectivity index (χ4v) is 2.77. The van der Waals surface area contributed by atoms with Crippen molar-refractivity contribution in [2.75, 3.05) is 25.1 Å². The monoisotopic (exact) mass is 508 g/mol. The lowest BCUT2D eigenvalue weighted by atomic mass is 10.2. The summed E-state index contributed by atoms with van der Waals surface area (Å²) >= 11 is 8.01. The van der Waals surface area contributed by atoms with E-state index in [1.54, 1.807) is 18.1 Å². The van der Waals surface area contributed by atoms with Crippen molar-refractivity contribution in [3.05, 3.63) is 47.0 Å². The van der Waals surface area contributed by atoms with Crippen LogP contribution in [0.3, 0.4) is 0 Å². The van der Waals surface area contributed by atoms with Crippen molar-refractivity contribution in [1.29, 1.82) is 0 Å². The third-order valence-corrected chi connectivity index (χ3v) is 4.60. The molecule has 0 aliphatic rings. The molecular formula is C17H26ClIN6S. The molecule has 0 saturated heterocycles. The maximum Gasteiger partial charge on any atom is 0.191 e. The number of aromatic nitrogens is 3. The maximum absolute atomic E-state index is 6.21. The van der Waals surface area contributed by atoms with Crippen molar-refractivity contribution in [2.24, 2.45) is 4.99 Å². The SMILES string of the molecule is CCc1nncn1CCNC(=NCc1ccccc1Cl)NCCSC.I. The second-order valence-corrected chi connectivity index (χ2v) is 6.79. The topological polar surface area (TPSA) is 67.1 Å². The average Bonchev–Trinajstić information content (AvgIpc) is 3.08. The number of guanidine groups is 1. The van der Waals surface area contributed by atoms with Crippen LogP contribution in [0.5, 0.6) is 0 Å². The van der Waals surface area contributed by atoms with Crippen molar-refractivity contribution >= 4 is 53.3 Å². The van der Waals surface area contributed by atoms with Gasteiger partial charge in [0.1, 0.15) is 12.2 Å². The molecule has 26 heavy (non-hydrogen) atoms. The Morgan fingerprint density at radius 2 is 2.04 bits per heavy atom. The molecule has 0 spiro atoms. The second kappa shape index (κ2) is 13.2. The van der Waals surface area contributed by atoms with E-state index in [-0.39, 0.29) is 24.0 Å². The molecule has 2 aromatic rings. The van der Waals surface area contributed by atoms with E-state index in [4.69, 9.17) is 11.6 Å². The zero-order valence-corrected chi connectivity index (χ0v) is 19.0. The first kappa shape index (κ1) is 23.0. The molecule has 0 atom stereocenters. The molecule has 0 bridgehead atoms. The van der Waals surface area contributed by atoms with Crippen molar-refractivity contribution in [1.82, 2.24) is 25.4 Å². The van der Waals surface area contributed by atoms with Crippen molar-refractivity contribution in [3.63, 3.8) is 0 Å². The van der Waals surface area contributed by atoms with Gasteiger partial charge in [-0.05, 0) is 17.9 Å². The molecule has 0 fully saturated rings. The van der Waals surface area contributed by atoms with Gasteiger partial charge in [0.2, 0.25) is 0 Å². The Morgan fingerprint density at radius 1 is 1.27 bits per heavy atom. The molecule has 0 aliphatic carbocycles. The summed E-state index contributed by atoms with van der Waals surface area (Å²) in [5, 5.41) is 15.5. The zero-order valence-electron chi connectivity index (χ0n) is 15.1. The van der Waals surface area contributed by atoms with Gasteiger partial charge in [-0.3, -0.25) is 0 Å². The predicted octanol–water partition coefficient (Wildman–Crippen LogP) is 3.21. The first-order chi connectivity index (χ1) is 12.2. The Kier molecular flexibility index (Phi) is 11.7. The molecule has 6 nitrogen and oxygen atoms in total. The van der Waals surface area contributed by atoms with Crippen molar-refractivity contribution in [2.45, 2.75) is 26.4 Å². The Bertz CT molecular complexity index is 679. The van der Waals surface area contributed by atoms with Crippen molar-refractivity contribution < 1.29 is 0 Å². The highest BCUT2D eigenvalue weighted by atomic mass is 127. The summed E-state index contributed by atoms with van der Waals surface area (Å²) in [6.07, 6.45) is 4.73. The molecule has 144 valence electrons. The predicted molar refractivity (Wildman–Crippen MR) is 122 cm³/mol. The second-order valence-electron chi connectivity index (χ2n) is 5.40. The van der Waals surface area contributed by atoms with Crippen LogP contribution in [-0.4, -0.2) is 45.8 Å². The number of aryl methyl sites for hydroxylation is 1. The van der Waals surface area contributed by atoms with E-state index in [1.807, 2.05) is 24.3 Å². The normalized spacial score (nSPS) is 11.1. The summed E-state index contributed by atoms with van der Waals surface area (Å²) in [7, 11) is 0. The van der Waals surface area contributed by atoms with Gasteiger partial charge in [0.25, 0.3) is 0 Å². The Balaban J connectivity index is 0.00000338. The molecule has 1 aromatic heterocycles. The van der Waals surface area contributed by atoms with Crippen LogP contribution in [0.4, 0.5) is 0 Å². The van der Waals surface area contributed by atoms with E-state index in [9.17, 15) is 0 Å². The third-order valence-electron chi connectivity index (χ3n) is 3.62. The summed E-state index contributed by atoms with van der Waals surface area (Å²) in [5.74, 6) is 2.81. The summed E-state index contributed by atoms with van der Waals surface area (Å²) in [4.78, 5) is 4.65. The number of hydrogen-bond acceptors (Lipinski definition) is 4. The molecule has 2 N–H and O–H groups in total. The standard InChI is InChI=1S/C17H25ClN6S.HI/c1-3-16-23-22-13-24(16)10-8-19-17(20-9-11-25-2)21-12-14-6-4-5-7-15(14)18;/h4-7,13H,3,8-12H2,1-2H3,(H2,19,20,21);1H. The van der Waals surface area contributed by atoms with E-state index in [0.717, 1.165) is 54.2 Å². The summed E-state index contributed by atoms with van der Waals surface area (Å²) in [6, 6.07) is 7.79. The smallest absolute Gasteiger partial charge is 0.191 e. The Labute approximate surface area is 181 Å². The molecule has 0 radical (unpaired) electrons. The lowest BCUT2D eigenvalue weighted by molar-refractivity contribution is 0.633. The highest BCUT2D eigenvalue weighted by Gasteiger charge is 2.03. The molecule has 0 aliphatic heterocycles. The Hall–Kier alpha value is -1.000. The Morgan fingerprint density at radius 3 is 2.77 bits per heavy atom. The van der Waals surface area contributed by atoms with Gasteiger partial charge >= 0.3 is 0 Å². The average molecular weight is 509 g/mol. The number of aliphatic imine (C=N–C) groups is 1. The fourth-order valence-electron chi connectivity index (χ4n) is 2.27. The number of nitrogens with zero attached hydrogens (tertiary/aromatic N) is 4. The van der Waals surface area contributed by atoms with Crippen LogP contribution >= 0.6 is 47.3 Å². The van der Waals surface area contributed by atoms with Crippen molar-refractivity contribution in [3.8, 4) is 0 Å². The van der Waals surface area contributed by atoms with Gasteiger partial charge in [-0.1, -0.05) is 36.7 Å². The lowest BCUT2D eigenvalue weighted by Crippen LogP contribution is -2.40. The molecule has 1 heterocycles. The third kappa shape index (κ3) is 7.71. The number of benzene rings is 1.